The second-order valence-corrected chi connectivity index (χ2v) is 5.56. The Morgan fingerprint density at radius 1 is 1.53 bits per heavy atom. The molecule has 1 aromatic rings. The highest BCUT2D eigenvalue weighted by molar-refractivity contribution is 7.89. The molecular weight excluding hydrogens is 243 g/mol. The number of nitriles is 1. The Balaban J connectivity index is 2.91. The van der Waals surface area contributed by atoms with Gasteiger partial charge >= 0.3 is 0 Å². The van der Waals surface area contributed by atoms with Crippen molar-refractivity contribution in [3.8, 4) is 6.07 Å². The fourth-order valence-corrected chi connectivity index (χ4v) is 2.36. The summed E-state index contributed by atoms with van der Waals surface area (Å²) < 4.78 is 38.8. The highest BCUT2D eigenvalue weighted by Gasteiger charge is 2.15. The highest BCUT2D eigenvalue weighted by Crippen LogP contribution is 2.14. The molecule has 0 aromatic heterocycles. The molecule has 17 heavy (non-hydrogen) atoms. The number of hydrogen-bond acceptors (Lipinski definition) is 3. The van der Waals surface area contributed by atoms with Crippen LogP contribution in [0, 0.1) is 30.0 Å². The van der Waals surface area contributed by atoms with E-state index < -0.39 is 21.8 Å². The lowest BCUT2D eigenvalue weighted by Gasteiger charge is -2.08. The largest absolute Gasteiger partial charge is 0.240 e. The Labute approximate surface area is 100 Å². The molecule has 1 rings (SSSR count). The lowest BCUT2D eigenvalue weighted by Crippen LogP contribution is -2.28. The van der Waals surface area contributed by atoms with E-state index in [1.54, 1.807) is 6.92 Å². The van der Waals surface area contributed by atoms with Gasteiger partial charge in [0.2, 0.25) is 10.0 Å². The fourth-order valence-electron chi connectivity index (χ4n) is 1.15. The first-order valence-electron chi connectivity index (χ1n) is 5.02. The van der Waals surface area contributed by atoms with E-state index in [9.17, 15) is 12.8 Å². The highest BCUT2D eigenvalue weighted by atomic mass is 32.2. The van der Waals surface area contributed by atoms with Crippen molar-refractivity contribution in [2.45, 2.75) is 18.7 Å². The van der Waals surface area contributed by atoms with Gasteiger partial charge in [0.05, 0.1) is 16.9 Å². The molecule has 0 unspecified atom stereocenters. The lowest BCUT2D eigenvalue weighted by atomic mass is 10.2. The average Bonchev–Trinajstić information content (AvgIpc) is 2.29. The summed E-state index contributed by atoms with van der Waals surface area (Å²) in [5.74, 6) is -0.860. The third-order valence-electron chi connectivity index (χ3n) is 2.24. The molecule has 4 nitrogen and oxygen atoms in total. The minimum atomic E-state index is -3.67. The van der Waals surface area contributed by atoms with Gasteiger partial charge in [-0.05, 0) is 37.6 Å². The van der Waals surface area contributed by atoms with Crippen molar-refractivity contribution in [3.05, 3.63) is 29.6 Å². The molecule has 0 saturated heterocycles. The molecule has 0 amide bonds. The maximum Gasteiger partial charge on any atom is 0.240 e. The molecule has 0 aliphatic heterocycles. The molecule has 1 N–H and O–H groups in total. The molecule has 0 radical (unpaired) electrons. The Morgan fingerprint density at radius 3 is 2.71 bits per heavy atom. The number of sulfonamides is 1. The molecule has 0 aliphatic carbocycles. The van der Waals surface area contributed by atoms with Gasteiger partial charge < -0.3 is 0 Å². The summed E-state index contributed by atoms with van der Waals surface area (Å²) >= 11 is 0. The summed E-state index contributed by atoms with van der Waals surface area (Å²) in [4.78, 5) is 0.00143. The SMILES string of the molecule is Cc1cc(S(=O)(=O)NC[C@@H](C)C#N)ccc1F. The van der Waals surface area contributed by atoms with Gasteiger partial charge in [-0.15, -0.1) is 0 Å². The van der Waals surface area contributed by atoms with Crippen LogP contribution in [0.2, 0.25) is 0 Å². The molecule has 1 atom stereocenters. The Kier molecular flexibility index (Phi) is 4.21. The minimum absolute atomic E-state index is 0.00143. The maximum atomic E-state index is 13.0. The summed E-state index contributed by atoms with van der Waals surface area (Å²) in [6, 6.07) is 5.49. The summed E-state index contributed by atoms with van der Waals surface area (Å²) in [7, 11) is -3.67. The smallest absolute Gasteiger partial charge is 0.210 e. The molecule has 92 valence electrons. The van der Waals surface area contributed by atoms with Gasteiger partial charge in [0.25, 0.3) is 0 Å². The van der Waals surface area contributed by atoms with Crippen molar-refractivity contribution >= 4 is 10.0 Å². The number of hydrogen-bond donors (Lipinski definition) is 1. The number of nitrogens with one attached hydrogen (secondary N) is 1. The van der Waals surface area contributed by atoms with E-state index in [4.69, 9.17) is 5.26 Å². The number of nitrogens with zero attached hydrogens (tertiary/aromatic N) is 1. The molecule has 0 aliphatic rings. The number of benzene rings is 1. The summed E-state index contributed by atoms with van der Waals surface area (Å²) in [5, 5.41) is 8.55. The fraction of sp³-hybridized carbons (Fsp3) is 0.364. The second kappa shape index (κ2) is 5.25. The van der Waals surface area contributed by atoms with E-state index >= 15 is 0 Å². The van der Waals surface area contributed by atoms with Crippen LogP contribution in [0.5, 0.6) is 0 Å². The monoisotopic (exact) mass is 256 g/mol. The van der Waals surface area contributed by atoms with Crippen LogP contribution in [-0.2, 0) is 10.0 Å². The van der Waals surface area contributed by atoms with E-state index in [1.165, 1.54) is 19.1 Å². The first kappa shape index (κ1) is 13.6. The molecule has 0 saturated carbocycles. The van der Waals surface area contributed by atoms with Crippen LogP contribution in [0.15, 0.2) is 23.1 Å². The van der Waals surface area contributed by atoms with Crippen LogP contribution in [0.1, 0.15) is 12.5 Å². The summed E-state index contributed by atoms with van der Waals surface area (Å²) in [6.07, 6.45) is 0. The van der Waals surface area contributed by atoms with Crippen LogP contribution in [-0.4, -0.2) is 15.0 Å². The lowest BCUT2D eigenvalue weighted by molar-refractivity contribution is 0.571. The molecule has 0 spiro atoms. The standard InChI is InChI=1S/C11H13FN2O2S/c1-8(6-13)7-14-17(15,16)10-3-4-11(12)9(2)5-10/h3-5,8,14H,7H2,1-2H3/t8-/m0/s1. The molecule has 6 heteroatoms. The Morgan fingerprint density at radius 2 is 2.18 bits per heavy atom. The predicted octanol–water partition coefficient (Wildman–Crippen LogP) is 1.57. The van der Waals surface area contributed by atoms with Crippen molar-refractivity contribution in [1.82, 2.24) is 4.72 Å². The number of aryl methyl sites for hydroxylation is 1. The van der Waals surface area contributed by atoms with Gasteiger partial charge in [0.15, 0.2) is 0 Å². The van der Waals surface area contributed by atoms with Crippen molar-refractivity contribution in [2.75, 3.05) is 6.54 Å². The van der Waals surface area contributed by atoms with E-state index in [2.05, 4.69) is 4.72 Å². The topological polar surface area (TPSA) is 70.0 Å². The van der Waals surface area contributed by atoms with Crippen LogP contribution < -0.4 is 4.72 Å². The van der Waals surface area contributed by atoms with Crippen molar-refractivity contribution in [1.29, 1.82) is 5.26 Å². The summed E-state index contributed by atoms with van der Waals surface area (Å²) in [5.41, 5.74) is 0.265. The van der Waals surface area contributed by atoms with E-state index in [-0.39, 0.29) is 17.0 Å². The average molecular weight is 256 g/mol. The van der Waals surface area contributed by atoms with Gasteiger partial charge in [-0.1, -0.05) is 0 Å². The molecule has 0 fully saturated rings. The van der Waals surface area contributed by atoms with Crippen LogP contribution >= 0.6 is 0 Å². The first-order chi connectivity index (χ1) is 7.86. The normalized spacial score (nSPS) is 13.1. The molecular formula is C11H13FN2O2S. The van der Waals surface area contributed by atoms with Crippen molar-refractivity contribution in [3.63, 3.8) is 0 Å². The zero-order chi connectivity index (χ0) is 13.1. The Hall–Kier alpha value is -1.45. The Bertz CT molecular complexity index is 549. The zero-order valence-corrected chi connectivity index (χ0v) is 10.4. The van der Waals surface area contributed by atoms with Gasteiger partial charge in [0, 0.05) is 6.54 Å². The predicted molar refractivity (Wildman–Crippen MR) is 61.1 cm³/mol. The van der Waals surface area contributed by atoms with Gasteiger partial charge in [-0.3, -0.25) is 0 Å². The third kappa shape index (κ3) is 3.51. The molecule has 0 heterocycles. The van der Waals surface area contributed by atoms with Crippen LogP contribution in [0.4, 0.5) is 4.39 Å². The summed E-state index contributed by atoms with van der Waals surface area (Å²) in [6.45, 7) is 3.14. The first-order valence-corrected chi connectivity index (χ1v) is 6.50. The van der Waals surface area contributed by atoms with Crippen LogP contribution in [0.25, 0.3) is 0 Å². The van der Waals surface area contributed by atoms with Gasteiger partial charge in [0.1, 0.15) is 5.82 Å². The van der Waals surface area contributed by atoms with Gasteiger partial charge in [-0.2, -0.15) is 5.26 Å². The van der Waals surface area contributed by atoms with Crippen molar-refractivity contribution in [2.24, 2.45) is 5.92 Å². The quantitative estimate of drug-likeness (QED) is 0.889. The second-order valence-electron chi connectivity index (χ2n) is 3.79. The molecule has 1 aromatic carbocycles. The third-order valence-corrected chi connectivity index (χ3v) is 3.66. The number of rotatable bonds is 4. The van der Waals surface area contributed by atoms with Gasteiger partial charge in [-0.25, -0.2) is 17.5 Å². The number of halogens is 1. The van der Waals surface area contributed by atoms with Crippen molar-refractivity contribution < 1.29 is 12.8 Å². The minimum Gasteiger partial charge on any atom is -0.210 e. The van der Waals surface area contributed by atoms with E-state index in [0.717, 1.165) is 6.07 Å². The molecule has 0 bridgehead atoms. The van der Waals surface area contributed by atoms with E-state index in [0.29, 0.717) is 0 Å². The van der Waals surface area contributed by atoms with E-state index in [1.807, 2.05) is 6.07 Å². The maximum absolute atomic E-state index is 13.0. The van der Waals surface area contributed by atoms with Crippen LogP contribution in [0.3, 0.4) is 0 Å². The zero-order valence-electron chi connectivity index (χ0n) is 9.57.